The first-order chi connectivity index (χ1) is 16.6. The first-order valence-electron chi connectivity index (χ1n) is 12.4. The highest BCUT2D eigenvalue weighted by molar-refractivity contribution is 5.90. The lowest BCUT2D eigenvalue weighted by Gasteiger charge is -2.22. The van der Waals surface area contributed by atoms with Crippen molar-refractivity contribution in [3.8, 4) is 5.75 Å². The second-order valence-corrected chi connectivity index (χ2v) is 9.34. The van der Waals surface area contributed by atoms with Gasteiger partial charge in [0, 0.05) is 12.7 Å². The van der Waals surface area contributed by atoms with Crippen LogP contribution in [0, 0.1) is 0 Å². The summed E-state index contributed by atoms with van der Waals surface area (Å²) in [5.74, 6) is 1.05. The Morgan fingerprint density at radius 1 is 1.12 bits per heavy atom. The van der Waals surface area contributed by atoms with E-state index in [1.807, 2.05) is 18.2 Å². The van der Waals surface area contributed by atoms with Crippen molar-refractivity contribution in [3.63, 3.8) is 0 Å². The Kier molecular flexibility index (Phi) is 8.36. The first kappa shape index (κ1) is 24.0. The number of imidazole rings is 1. The SMILES string of the molecule is NC(=O)c1cn(C[C@@H](O)CCCc2ccccc2OCc2ccc(C3CCCCC3)cc2)cn1. The fourth-order valence-corrected chi connectivity index (χ4v) is 4.78. The molecule has 1 aromatic heterocycles. The lowest BCUT2D eigenvalue weighted by atomic mass is 9.84. The van der Waals surface area contributed by atoms with Crippen LogP contribution in [0.15, 0.2) is 61.1 Å². The molecule has 0 spiro atoms. The molecule has 34 heavy (non-hydrogen) atoms. The summed E-state index contributed by atoms with van der Waals surface area (Å²) < 4.78 is 7.86. The normalized spacial score (nSPS) is 15.2. The molecule has 3 N–H and O–H groups in total. The van der Waals surface area contributed by atoms with Crippen molar-refractivity contribution < 1.29 is 14.6 Å². The molecule has 1 fully saturated rings. The second kappa shape index (κ2) is 11.8. The van der Waals surface area contributed by atoms with Gasteiger partial charge in [-0.3, -0.25) is 4.79 Å². The Balaban J connectivity index is 1.25. The predicted octanol–water partition coefficient (Wildman–Crippen LogP) is 4.99. The van der Waals surface area contributed by atoms with Crippen molar-refractivity contribution in [3.05, 3.63) is 83.4 Å². The van der Waals surface area contributed by atoms with Crippen LogP contribution in [-0.2, 0) is 19.6 Å². The van der Waals surface area contributed by atoms with E-state index in [0.29, 0.717) is 19.6 Å². The standard InChI is InChI=1S/C28H35N3O3/c29-28(33)26-18-31(20-30-26)17-25(32)11-6-10-24-9-4-5-12-27(24)34-19-21-13-15-23(16-14-21)22-7-2-1-3-8-22/h4-5,9,12-16,18,20,22,25,32H,1-3,6-8,10-11,17,19H2,(H2,29,33)/t25-/m0/s1. The average Bonchev–Trinajstić information content (AvgIpc) is 3.33. The van der Waals surface area contributed by atoms with Crippen molar-refractivity contribution in [2.45, 2.75) is 76.5 Å². The number of benzene rings is 2. The lowest BCUT2D eigenvalue weighted by molar-refractivity contribution is 0.0995. The molecule has 1 atom stereocenters. The molecule has 0 saturated heterocycles. The van der Waals surface area contributed by atoms with Crippen molar-refractivity contribution >= 4 is 5.91 Å². The van der Waals surface area contributed by atoms with Crippen LogP contribution in [0.1, 0.15) is 78.0 Å². The zero-order valence-electron chi connectivity index (χ0n) is 19.7. The molecule has 1 aliphatic rings. The van der Waals surface area contributed by atoms with E-state index in [0.717, 1.165) is 30.1 Å². The van der Waals surface area contributed by atoms with E-state index in [4.69, 9.17) is 10.5 Å². The number of aryl methyl sites for hydroxylation is 1. The summed E-state index contributed by atoms with van der Waals surface area (Å²) in [6, 6.07) is 17.1. The third kappa shape index (κ3) is 6.70. The fraction of sp³-hybridized carbons (Fsp3) is 0.429. The van der Waals surface area contributed by atoms with E-state index in [9.17, 15) is 9.90 Å². The maximum atomic E-state index is 11.2. The van der Waals surface area contributed by atoms with Crippen molar-refractivity contribution in [1.82, 2.24) is 9.55 Å². The van der Waals surface area contributed by atoms with Gasteiger partial charge in [-0.05, 0) is 60.8 Å². The van der Waals surface area contributed by atoms with Gasteiger partial charge >= 0.3 is 0 Å². The highest BCUT2D eigenvalue weighted by Crippen LogP contribution is 2.32. The van der Waals surface area contributed by atoms with Gasteiger partial charge in [-0.2, -0.15) is 0 Å². The molecule has 6 nitrogen and oxygen atoms in total. The molecule has 1 heterocycles. The Morgan fingerprint density at radius 3 is 2.62 bits per heavy atom. The van der Waals surface area contributed by atoms with E-state index in [1.54, 1.807) is 10.8 Å². The van der Waals surface area contributed by atoms with Crippen LogP contribution in [0.4, 0.5) is 0 Å². The number of aliphatic hydroxyl groups is 1. The van der Waals surface area contributed by atoms with E-state index in [1.165, 1.54) is 49.6 Å². The molecule has 0 radical (unpaired) electrons. The van der Waals surface area contributed by atoms with Crippen molar-refractivity contribution in [2.24, 2.45) is 5.73 Å². The van der Waals surface area contributed by atoms with Crippen LogP contribution < -0.4 is 10.5 Å². The van der Waals surface area contributed by atoms with Gasteiger partial charge in [-0.25, -0.2) is 4.98 Å². The minimum absolute atomic E-state index is 0.210. The van der Waals surface area contributed by atoms with Crippen LogP contribution in [0.2, 0.25) is 0 Å². The van der Waals surface area contributed by atoms with Gasteiger partial charge in [0.2, 0.25) is 0 Å². The maximum absolute atomic E-state index is 11.2. The topological polar surface area (TPSA) is 90.4 Å². The van der Waals surface area contributed by atoms with Gasteiger partial charge in [-0.1, -0.05) is 61.7 Å². The third-order valence-electron chi connectivity index (χ3n) is 6.71. The monoisotopic (exact) mass is 461 g/mol. The molecule has 0 unspecified atom stereocenters. The number of nitrogens with two attached hydrogens (primary N) is 1. The number of aromatic nitrogens is 2. The number of nitrogens with zero attached hydrogens (tertiary/aromatic N) is 2. The summed E-state index contributed by atoms with van der Waals surface area (Å²) in [5, 5.41) is 10.4. The summed E-state index contributed by atoms with van der Waals surface area (Å²) in [6.45, 7) is 0.933. The predicted molar refractivity (Wildman–Crippen MR) is 133 cm³/mol. The Morgan fingerprint density at radius 2 is 1.88 bits per heavy atom. The van der Waals surface area contributed by atoms with Gasteiger partial charge in [0.05, 0.1) is 12.4 Å². The number of hydrogen-bond donors (Lipinski definition) is 2. The van der Waals surface area contributed by atoms with Crippen LogP contribution in [0.25, 0.3) is 0 Å². The van der Waals surface area contributed by atoms with E-state index in [-0.39, 0.29) is 5.69 Å². The number of carbonyl (C=O) groups excluding carboxylic acids is 1. The summed E-state index contributed by atoms with van der Waals surface area (Å²) in [7, 11) is 0. The summed E-state index contributed by atoms with van der Waals surface area (Å²) >= 11 is 0. The van der Waals surface area contributed by atoms with E-state index in [2.05, 4.69) is 35.3 Å². The molecule has 3 aromatic rings. The summed E-state index contributed by atoms with van der Waals surface area (Å²) in [4.78, 5) is 15.1. The summed E-state index contributed by atoms with van der Waals surface area (Å²) in [5.41, 5.74) is 9.23. The number of primary amides is 1. The average molecular weight is 462 g/mol. The Bertz CT molecular complexity index is 1050. The molecule has 180 valence electrons. The molecule has 2 aromatic carbocycles. The van der Waals surface area contributed by atoms with Gasteiger partial charge in [-0.15, -0.1) is 0 Å². The number of amides is 1. The Hall–Kier alpha value is -3.12. The van der Waals surface area contributed by atoms with E-state index >= 15 is 0 Å². The third-order valence-corrected chi connectivity index (χ3v) is 6.71. The van der Waals surface area contributed by atoms with Crippen LogP contribution in [-0.4, -0.2) is 26.7 Å². The van der Waals surface area contributed by atoms with Gasteiger partial charge in [0.1, 0.15) is 18.1 Å². The van der Waals surface area contributed by atoms with Gasteiger partial charge < -0.3 is 20.1 Å². The summed E-state index contributed by atoms with van der Waals surface area (Å²) in [6.07, 6.45) is 11.6. The number of carbonyl (C=O) groups is 1. The van der Waals surface area contributed by atoms with Crippen LogP contribution in [0.3, 0.4) is 0 Å². The molecular formula is C28H35N3O3. The number of para-hydroxylation sites is 1. The molecule has 1 aliphatic carbocycles. The number of aliphatic hydroxyl groups excluding tert-OH is 1. The van der Waals surface area contributed by atoms with Crippen molar-refractivity contribution in [2.75, 3.05) is 0 Å². The molecule has 4 rings (SSSR count). The maximum Gasteiger partial charge on any atom is 0.268 e. The molecule has 0 bridgehead atoms. The number of ether oxygens (including phenoxy) is 1. The highest BCUT2D eigenvalue weighted by atomic mass is 16.5. The number of rotatable bonds is 11. The molecule has 6 heteroatoms. The second-order valence-electron chi connectivity index (χ2n) is 9.34. The number of hydrogen-bond acceptors (Lipinski definition) is 4. The molecular weight excluding hydrogens is 426 g/mol. The highest BCUT2D eigenvalue weighted by Gasteiger charge is 2.15. The smallest absolute Gasteiger partial charge is 0.268 e. The minimum Gasteiger partial charge on any atom is -0.489 e. The fourth-order valence-electron chi connectivity index (χ4n) is 4.78. The van der Waals surface area contributed by atoms with Crippen molar-refractivity contribution in [1.29, 1.82) is 0 Å². The quantitative estimate of drug-likeness (QED) is 0.421. The minimum atomic E-state index is -0.565. The van der Waals surface area contributed by atoms with Gasteiger partial charge in [0.15, 0.2) is 0 Å². The Labute approximate surface area is 201 Å². The zero-order chi connectivity index (χ0) is 23.8. The largest absolute Gasteiger partial charge is 0.489 e. The molecule has 0 aliphatic heterocycles. The zero-order valence-corrected chi connectivity index (χ0v) is 19.7. The molecule has 1 amide bonds. The van der Waals surface area contributed by atoms with E-state index < -0.39 is 12.0 Å². The van der Waals surface area contributed by atoms with Gasteiger partial charge in [0.25, 0.3) is 5.91 Å². The lowest BCUT2D eigenvalue weighted by Crippen LogP contribution is -2.15. The van der Waals surface area contributed by atoms with Crippen LogP contribution >= 0.6 is 0 Å². The first-order valence-corrected chi connectivity index (χ1v) is 12.4. The molecule has 1 saturated carbocycles. The van der Waals surface area contributed by atoms with Crippen LogP contribution in [0.5, 0.6) is 5.75 Å².